The molecular weight excluding hydrogens is 250 g/mol. The summed E-state index contributed by atoms with van der Waals surface area (Å²) in [5.74, 6) is 0.910. The Morgan fingerprint density at radius 2 is 1.78 bits per heavy atom. The van der Waals surface area contributed by atoms with E-state index in [0.29, 0.717) is 6.54 Å². The molecule has 0 spiro atoms. The van der Waals surface area contributed by atoms with E-state index in [4.69, 9.17) is 4.74 Å². The third-order valence-electron chi connectivity index (χ3n) is 2.25. The first kappa shape index (κ1) is 16.9. The van der Waals surface area contributed by atoms with Gasteiger partial charge in [0, 0.05) is 6.54 Å². The molecule has 0 unspecified atom stereocenters. The normalized spacial score (nSPS) is 9.72. The largest absolute Gasteiger partial charge is 0.497 e. The van der Waals surface area contributed by atoms with Gasteiger partial charge in [-0.2, -0.15) is 0 Å². The van der Waals surface area contributed by atoms with E-state index in [1.54, 1.807) is 7.11 Å². The first-order valence-electron chi connectivity index (χ1n) is 6.17. The molecule has 0 aliphatic rings. The van der Waals surface area contributed by atoms with Gasteiger partial charge in [0.2, 0.25) is 10.9 Å². The van der Waals surface area contributed by atoms with E-state index < -0.39 is 10.9 Å². The first-order chi connectivity index (χ1) is 8.70. The summed E-state index contributed by atoms with van der Waals surface area (Å²) >= 11 is 0. The van der Waals surface area contributed by atoms with Gasteiger partial charge in [0.1, 0.15) is 5.75 Å². The Kier molecular flexibility index (Phi) is 11.7. The zero-order valence-electron chi connectivity index (χ0n) is 11.1. The number of rotatable bonds is 7. The van der Waals surface area contributed by atoms with Crippen LogP contribution in [0.3, 0.4) is 0 Å². The third kappa shape index (κ3) is 11.4. The number of unbranched alkanes of at least 4 members (excludes halogenated alkanes) is 3. The van der Waals surface area contributed by atoms with Crippen LogP contribution in [0.1, 0.15) is 32.6 Å². The Balaban J connectivity index is 0.000000327. The molecule has 4 nitrogen and oxygen atoms in total. The van der Waals surface area contributed by atoms with Crippen LogP contribution in [0.25, 0.3) is 0 Å². The predicted molar refractivity (Wildman–Crippen MR) is 75.5 cm³/mol. The Morgan fingerprint density at radius 1 is 1.11 bits per heavy atom. The highest BCUT2D eigenvalue weighted by molar-refractivity contribution is 7.70. The minimum Gasteiger partial charge on any atom is -0.497 e. The lowest BCUT2D eigenvalue weighted by Crippen LogP contribution is -2.12. The lowest BCUT2D eigenvalue weighted by atomic mass is 10.2. The van der Waals surface area contributed by atoms with Gasteiger partial charge < -0.3 is 4.74 Å². The molecule has 5 heteroatoms. The van der Waals surface area contributed by atoms with Crippen LogP contribution >= 0.6 is 0 Å². The topological polar surface area (TPSA) is 55.4 Å². The van der Waals surface area contributed by atoms with Crippen LogP contribution in [0.15, 0.2) is 30.3 Å². The number of ether oxygens (including phenoxy) is 1. The number of hydrogen-bond acceptors (Lipinski definition) is 3. The fourth-order valence-electron chi connectivity index (χ4n) is 1.28. The van der Waals surface area contributed by atoms with Crippen molar-refractivity contribution in [3.8, 4) is 5.75 Å². The summed E-state index contributed by atoms with van der Waals surface area (Å²) in [6.45, 7) is 2.72. The van der Waals surface area contributed by atoms with Crippen LogP contribution in [-0.2, 0) is 10.9 Å². The zero-order valence-corrected chi connectivity index (χ0v) is 12.0. The lowest BCUT2D eigenvalue weighted by molar-refractivity contribution is 0.415. The number of thiol groups is 1. The summed E-state index contributed by atoms with van der Waals surface area (Å²) in [6, 6.07) is 9.68. The molecule has 0 fully saturated rings. The Hall–Kier alpha value is -1.07. The zero-order chi connectivity index (χ0) is 13.6. The van der Waals surface area contributed by atoms with Crippen LogP contribution in [0.2, 0.25) is 0 Å². The molecule has 0 saturated carbocycles. The molecule has 0 heterocycles. The van der Waals surface area contributed by atoms with Gasteiger partial charge in [-0.05, 0) is 18.6 Å². The van der Waals surface area contributed by atoms with Crippen molar-refractivity contribution in [3.05, 3.63) is 30.3 Å². The minimum atomic E-state index is -2.37. The molecule has 0 aliphatic carbocycles. The molecule has 1 N–H and O–H groups in total. The average molecular weight is 273 g/mol. The summed E-state index contributed by atoms with van der Waals surface area (Å²) in [6.07, 6.45) is 4.45. The molecule has 1 aromatic rings. The summed E-state index contributed by atoms with van der Waals surface area (Å²) in [5, 5.41) is 0. The maximum atomic E-state index is 9.96. The van der Waals surface area contributed by atoms with Crippen molar-refractivity contribution in [3.63, 3.8) is 0 Å². The number of hydrogen-bond donors (Lipinski definition) is 2. The SMILES string of the molecule is CCCCCCN[SH](=O)=O.COc1ccccc1. The highest BCUT2D eigenvalue weighted by Gasteiger charge is 1.87. The first-order valence-corrected chi connectivity index (χ1v) is 7.35. The van der Waals surface area contributed by atoms with E-state index in [2.05, 4.69) is 11.6 Å². The summed E-state index contributed by atoms with van der Waals surface area (Å²) in [4.78, 5) is 0. The van der Waals surface area contributed by atoms with E-state index >= 15 is 0 Å². The molecular formula is C13H23NO3S. The summed E-state index contributed by atoms with van der Waals surface area (Å²) in [5.41, 5.74) is 0. The Labute approximate surface area is 111 Å². The number of nitrogens with one attached hydrogen (secondary N) is 1. The van der Waals surface area contributed by atoms with Crippen molar-refractivity contribution in [1.29, 1.82) is 0 Å². The third-order valence-corrected chi connectivity index (χ3v) is 2.73. The van der Waals surface area contributed by atoms with Crippen molar-refractivity contribution in [2.45, 2.75) is 32.6 Å². The fraction of sp³-hybridized carbons (Fsp3) is 0.538. The second-order valence-corrected chi connectivity index (χ2v) is 4.57. The van der Waals surface area contributed by atoms with Crippen molar-refractivity contribution in [2.75, 3.05) is 13.7 Å². The molecule has 0 aliphatic heterocycles. The second kappa shape index (κ2) is 12.4. The van der Waals surface area contributed by atoms with E-state index in [-0.39, 0.29) is 0 Å². The highest BCUT2D eigenvalue weighted by Crippen LogP contribution is 2.05. The maximum Gasteiger partial charge on any atom is 0.201 e. The molecule has 0 bridgehead atoms. The van der Waals surface area contributed by atoms with Crippen LogP contribution < -0.4 is 9.46 Å². The van der Waals surface area contributed by atoms with Crippen LogP contribution in [0, 0.1) is 0 Å². The molecule has 1 rings (SSSR count). The summed E-state index contributed by atoms with van der Waals surface area (Å²) in [7, 11) is -0.709. The highest BCUT2D eigenvalue weighted by atomic mass is 32.2. The van der Waals surface area contributed by atoms with E-state index in [1.807, 2.05) is 30.3 Å². The number of methoxy groups -OCH3 is 1. The lowest BCUT2D eigenvalue weighted by Gasteiger charge is -1.95. The van der Waals surface area contributed by atoms with Crippen LogP contribution in [0.4, 0.5) is 0 Å². The molecule has 0 radical (unpaired) electrons. The molecule has 0 atom stereocenters. The minimum absolute atomic E-state index is 0.596. The predicted octanol–water partition coefficient (Wildman–Crippen LogP) is 2.38. The van der Waals surface area contributed by atoms with Crippen molar-refractivity contribution < 1.29 is 13.2 Å². The van der Waals surface area contributed by atoms with Gasteiger partial charge in [-0.15, -0.1) is 0 Å². The quantitative estimate of drug-likeness (QED) is 0.592. The number of benzene rings is 1. The molecule has 0 saturated heterocycles. The van der Waals surface area contributed by atoms with Crippen LogP contribution in [-0.4, -0.2) is 22.1 Å². The average Bonchev–Trinajstić information content (AvgIpc) is 2.40. The molecule has 0 amide bonds. The smallest absolute Gasteiger partial charge is 0.201 e. The van der Waals surface area contributed by atoms with E-state index in [9.17, 15) is 8.42 Å². The van der Waals surface area contributed by atoms with Gasteiger partial charge in [0.25, 0.3) is 0 Å². The van der Waals surface area contributed by atoms with Gasteiger partial charge in [0.15, 0.2) is 0 Å². The van der Waals surface area contributed by atoms with Gasteiger partial charge in [-0.3, -0.25) is 0 Å². The second-order valence-electron chi connectivity index (χ2n) is 3.74. The van der Waals surface area contributed by atoms with Gasteiger partial charge in [0.05, 0.1) is 7.11 Å². The molecule has 18 heavy (non-hydrogen) atoms. The monoisotopic (exact) mass is 273 g/mol. The molecule has 1 aromatic carbocycles. The maximum absolute atomic E-state index is 9.96. The number of para-hydroxylation sites is 1. The van der Waals surface area contributed by atoms with Gasteiger partial charge >= 0.3 is 0 Å². The molecule has 104 valence electrons. The van der Waals surface area contributed by atoms with Crippen LogP contribution in [0.5, 0.6) is 5.75 Å². The standard InChI is InChI=1S/C7H8O.C6H15NO2S/c1-8-7-5-3-2-4-6-7;1-2-3-4-5-6-7-10(8)9/h2-6H,1H3;10H,2-6H2,1H3,(H,7,8,9). The Bertz CT molecular complexity index is 345. The van der Waals surface area contributed by atoms with Crippen molar-refractivity contribution in [2.24, 2.45) is 0 Å². The fourth-order valence-corrected chi connectivity index (χ4v) is 1.62. The van der Waals surface area contributed by atoms with Crippen molar-refractivity contribution >= 4 is 10.9 Å². The van der Waals surface area contributed by atoms with Crippen molar-refractivity contribution in [1.82, 2.24) is 4.72 Å². The van der Waals surface area contributed by atoms with E-state index in [1.165, 1.54) is 12.8 Å². The van der Waals surface area contributed by atoms with E-state index in [0.717, 1.165) is 18.6 Å². The van der Waals surface area contributed by atoms with Gasteiger partial charge in [-0.1, -0.05) is 44.4 Å². The molecule has 0 aromatic heterocycles. The Morgan fingerprint density at radius 3 is 2.22 bits per heavy atom. The summed E-state index contributed by atoms with van der Waals surface area (Å²) < 4.78 is 27.2. The van der Waals surface area contributed by atoms with Gasteiger partial charge in [-0.25, -0.2) is 13.1 Å².